The summed E-state index contributed by atoms with van der Waals surface area (Å²) in [7, 11) is 0. The Balaban J connectivity index is 0. The molecule has 0 saturated heterocycles. The van der Waals surface area contributed by atoms with Crippen molar-refractivity contribution < 1.29 is 61.6 Å². The summed E-state index contributed by atoms with van der Waals surface area (Å²) in [6.07, 6.45) is 1.44. The molecule has 2 N–H and O–H groups in total. The maximum atomic E-state index is 8.09. The van der Waals surface area contributed by atoms with E-state index in [1.165, 1.54) is 0 Å². The Morgan fingerprint density at radius 1 is 0.857 bits per heavy atom. The molecule has 38 valence electrons. The van der Waals surface area contributed by atoms with Crippen molar-refractivity contribution >= 4 is 0 Å². The minimum Gasteiger partial charge on any atom is -0.396 e. The van der Waals surface area contributed by atoms with Gasteiger partial charge in [0, 0.05) is 13.2 Å². The molecule has 0 aliphatic rings. The average Bonchev–Trinajstić information content (AvgIpc) is 1.61. The fourth-order valence-electron chi connectivity index (χ4n) is 0.224. The number of aliphatic hydroxyl groups is 2. The summed E-state index contributed by atoms with van der Waals surface area (Å²) in [6.45, 7) is 0.390. The van der Waals surface area contributed by atoms with Gasteiger partial charge in [-0.05, 0) is 12.8 Å². The van der Waals surface area contributed by atoms with Gasteiger partial charge in [-0.1, -0.05) is 0 Å². The van der Waals surface area contributed by atoms with Gasteiger partial charge in [0.25, 0.3) is 0 Å². The topological polar surface area (TPSA) is 40.5 Å². The van der Waals surface area contributed by atoms with E-state index >= 15 is 0 Å². The summed E-state index contributed by atoms with van der Waals surface area (Å²) in [4.78, 5) is 0. The zero-order valence-corrected chi connectivity index (χ0v) is 7.85. The summed E-state index contributed by atoms with van der Waals surface area (Å²) >= 11 is 0. The van der Waals surface area contributed by atoms with E-state index < -0.39 is 0 Å². The number of hydrogen-bond acceptors (Lipinski definition) is 2. The molecular formula is C4H10KO2+. The zero-order chi connectivity index (χ0) is 4.83. The molecule has 0 fully saturated rings. The third-order valence-electron chi connectivity index (χ3n) is 0.566. The van der Waals surface area contributed by atoms with E-state index in [9.17, 15) is 0 Å². The van der Waals surface area contributed by atoms with Crippen LogP contribution in [0.5, 0.6) is 0 Å². The summed E-state index contributed by atoms with van der Waals surface area (Å²) in [5, 5.41) is 16.2. The second-order valence-electron chi connectivity index (χ2n) is 1.15. The third-order valence-corrected chi connectivity index (χ3v) is 0.566. The van der Waals surface area contributed by atoms with Crippen LogP contribution in [0.3, 0.4) is 0 Å². The molecule has 0 aromatic heterocycles. The summed E-state index contributed by atoms with van der Waals surface area (Å²) in [5.74, 6) is 0. The molecule has 0 spiro atoms. The van der Waals surface area contributed by atoms with E-state index in [4.69, 9.17) is 10.2 Å². The maximum absolute atomic E-state index is 8.09. The zero-order valence-electron chi connectivity index (χ0n) is 4.72. The molecule has 0 aromatic carbocycles. The Morgan fingerprint density at radius 2 is 1.14 bits per heavy atom. The standard InChI is InChI=1S/C4H10O2.K/c5-3-1-2-4-6;/h5-6H,1-4H2;/q;+1. The molecule has 0 heterocycles. The first-order valence-corrected chi connectivity index (χ1v) is 2.13. The van der Waals surface area contributed by atoms with Crippen molar-refractivity contribution in [2.24, 2.45) is 0 Å². The second-order valence-corrected chi connectivity index (χ2v) is 1.15. The fourth-order valence-corrected chi connectivity index (χ4v) is 0.224. The van der Waals surface area contributed by atoms with Crippen molar-refractivity contribution in [1.29, 1.82) is 0 Å². The first kappa shape index (κ1) is 11.4. The van der Waals surface area contributed by atoms with Crippen LogP contribution < -0.4 is 51.4 Å². The smallest absolute Gasteiger partial charge is 0.396 e. The second kappa shape index (κ2) is 10.5. The molecule has 0 aliphatic carbocycles. The molecule has 7 heavy (non-hydrogen) atoms. The molecule has 0 saturated carbocycles. The Kier molecular flexibility index (Phi) is 17.1. The molecule has 0 unspecified atom stereocenters. The van der Waals surface area contributed by atoms with Crippen LogP contribution in [0.15, 0.2) is 0 Å². The third kappa shape index (κ3) is 11.2. The van der Waals surface area contributed by atoms with Gasteiger partial charge in [0.05, 0.1) is 0 Å². The minimum atomic E-state index is 0. The predicted molar refractivity (Wildman–Crippen MR) is 23.4 cm³/mol. The number of aliphatic hydroxyl groups excluding tert-OH is 2. The summed E-state index contributed by atoms with van der Waals surface area (Å²) in [5.41, 5.74) is 0. The van der Waals surface area contributed by atoms with Crippen LogP contribution in [0, 0.1) is 0 Å². The Bertz CT molecular complexity index is 21.7. The fraction of sp³-hybridized carbons (Fsp3) is 1.00. The van der Waals surface area contributed by atoms with Crippen LogP contribution in [-0.4, -0.2) is 23.4 Å². The van der Waals surface area contributed by atoms with E-state index in [1.807, 2.05) is 0 Å². The molecule has 3 heteroatoms. The van der Waals surface area contributed by atoms with Crippen molar-refractivity contribution in [1.82, 2.24) is 0 Å². The van der Waals surface area contributed by atoms with Gasteiger partial charge in [-0.15, -0.1) is 0 Å². The van der Waals surface area contributed by atoms with Gasteiger partial charge in [0.1, 0.15) is 0 Å². The van der Waals surface area contributed by atoms with E-state index in [2.05, 4.69) is 0 Å². The van der Waals surface area contributed by atoms with Crippen LogP contribution in [0.2, 0.25) is 0 Å². The van der Waals surface area contributed by atoms with Gasteiger partial charge in [0.15, 0.2) is 0 Å². The quantitative estimate of drug-likeness (QED) is 0.310. The molecule has 0 rings (SSSR count). The normalized spacial score (nSPS) is 7.71. The van der Waals surface area contributed by atoms with Crippen LogP contribution in [0.1, 0.15) is 12.8 Å². The molecule has 0 aromatic rings. The summed E-state index contributed by atoms with van der Waals surface area (Å²) in [6, 6.07) is 0. The SMILES string of the molecule is OCCCCO.[K+]. The minimum absolute atomic E-state index is 0. The number of hydrogen-bond donors (Lipinski definition) is 2. The van der Waals surface area contributed by atoms with Crippen LogP contribution in [0.25, 0.3) is 0 Å². The van der Waals surface area contributed by atoms with Crippen LogP contribution >= 0.6 is 0 Å². The van der Waals surface area contributed by atoms with E-state index in [0.29, 0.717) is 0 Å². The molecule has 0 atom stereocenters. The molecule has 2 nitrogen and oxygen atoms in total. The first-order chi connectivity index (χ1) is 2.91. The van der Waals surface area contributed by atoms with Gasteiger partial charge in [-0.2, -0.15) is 0 Å². The van der Waals surface area contributed by atoms with E-state index in [1.54, 1.807) is 0 Å². The maximum Gasteiger partial charge on any atom is 1.00 e. The van der Waals surface area contributed by atoms with Gasteiger partial charge < -0.3 is 10.2 Å². The van der Waals surface area contributed by atoms with Crippen molar-refractivity contribution in [3.8, 4) is 0 Å². The van der Waals surface area contributed by atoms with E-state index in [0.717, 1.165) is 12.8 Å². The molecule has 0 radical (unpaired) electrons. The molecule has 0 bridgehead atoms. The van der Waals surface area contributed by atoms with Gasteiger partial charge in [0.2, 0.25) is 0 Å². The monoisotopic (exact) mass is 129 g/mol. The molecule has 0 aliphatic heterocycles. The number of unbranched alkanes of at least 4 members (excludes halogenated alkanes) is 1. The largest absolute Gasteiger partial charge is 1.00 e. The van der Waals surface area contributed by atoms with Crippen molar-refractivity contribution in [3.63, 3.8) is 0 Å². The van der Waals surface area contributed by atoms with Crippen LogP contribution in [-0.2, 0) is 0 Å². The summed E-state index contributed by atoms with van der Waals surface area (Å²) < 4.78 is 0. The van der Waals surface area contributed by atoms with Crippen molar-refractivity contribution in [2.75, 3.05) is 13.2 Å². The Morgan fingerprint density at radius 3 is 1.29 bits per heavy atom. The predicted octanol–water partition coefficient (Wildman–Crippen LogP) is -3.24. The molecular weight excluding hydrogens is 119 g/mol. The van der Waals surface area contributed by atoms with Crippen molar-refractivity contribution in [2.45, 2.75) is 12.8 Å². The van der Waals surface area contributed by atoms with Crippen molar-refractivity contribution in [3.05, 3.63) is 0 Å². The first-order valence-electron chi connectivity index (χ1n) is 2.13. The average molecular weight is 129 g/mol. The van der Waals surface area contributed by atoms with Gasteiger partial charge in [-0.3, -0.25) is 0 Å². The Labute approximate surface area is 86.3 Å². The Hall–Kier alpha value is 1.56. The number of rotatable bonds is 3. The van der Waals surface area contributed by atoms with E-state index in [-0.39, 0.29) is 64.6 Å². The van der Waals surface area contributed by atoms with Crippen LogP contribution in [0.4, 0.5) is 0 Å². The molecule has 0 amide bonds. The van der Waals surface area contributed by atoms with Gasteiger partial charge >= 0.3 is 51.4 Å². The van der Waals surface area contributed by atoms with Gasteiger partial charge in [-0.25, -0.2) is 0 Å².